The minimum absolute atomic E-state index is 0.0743. The van der Waals surface area contributed by atoms with E-state index in [4.69, 9.17) is 0 Å². The molecule has 21 heavy (non-hydrogen) atoms. The highest BCUT2D eigenvalue weighted by molar-refractivity contribution is 7.99. The largest absolute Gasteiger partial charge is 0.351 e. The first-order valence-electron chi connectivity index (χ1n) is 7.04. The fourth-order valence-corrected chi connectivity index (χ4v) is 4.84. The SMILES string of the molecule is Cc1cccc(CSC(C)C(=O)NC2CCS(=O)(=O)C2)c1. The lowest BCUT2D eigenvalue weighted by Gasteiger charge is -2.15. The van der Waals surface area contributed by atoms with E-state index >= 15 is 0 Å². The van der Waals surface area contributed by atoms with Crippen LogP contribution >= 0.6 is 11.8 Å². The van der Waals surface area contributed by atoms with E-state index in [2.05, 4.69) is 11.4 Å². The lowest BCUT2D eigenvalue weighted by Crippen LogP contribution is -2.40. The minimum Gasteiger partial charge on any atom is -0.351 e. The minimum atomic E-state index is -2.95. The Labute approximate surface area is 130 Å². The van der Waals surface area contributed by atoms with Crippen LogP contribution in [-0.2, 0) is 20.4 Å². The molecule has 0 radical (unpaired) electrons. The zero-order valence-corrected chi connectivity index (χ0v) is 14.0. The topological polar surface area (TPSA) is 63.2 Å². The van der Waals surface area contributed by atoms with Gasteiger partial charge in [0.15, 0.2) is 9.84 Å². The first kappa shape index (κ1) is 16.4. The lowest BCUT2D eigenvalue weighted by molar-refractivity contribution is -0.120. The Morgan fingerprint density at radius 1 is 1.48 bits per heavy atom. The number of hydrogen-bond acceptors (Lipinski definition) is 4. The standard InChI is InChI=1S/C15H21NO3S2/c1-11-4-3-5-13(8-11)9-20-12(2)15(17)16-14-6-7-21(18,19)10-14/h3-5,8,12,14H,6-7,9-10H2,1-2H3,(H,16,17). The number of carbonyl (C=O) groups excluding carboxylic acids is 1. The summed E-state index contributed by atoms with van der Waals surface area (Å²) in [5, 5.41) is 2.66. The summed E-state index contributed by atoms with van der Waals surface area (Å²) in [6, 6.07) is 8.00. The molecule has 116 valence electrons. The van der Waals surface area contributed by atoms with E-state index in [0.29, 0.717) is 6.42 Å². The van der Waals surface area contributed by atoms with Gasteiger partial charge in [-0.05, 0) is 25.8 Å². The molecule has 1 aromatic carbocycles. The fourth-order valence-electron chi connectivity index (χ4n) is 2.33. The van der Waals surface area contributed by atoms with Crippen molar-refractivity contribution >= 4 is 27.5 Å². The molecule has 1 N–H and O–H groups in total. The van der Waals surface area contributed by atoms with Crippen molar-refractivity contribution in [1.29, 1.82) is 0 Å². The van der Waals surface area contributed by atoms with Gasteiger partial charge in [0.2, 0.25) is 5.91 Å². The molecule has 1 aromatic rings. The Morgan fingerprint density at radius 3 is 2.86 bits per heavy atom. The van der Waals surface area contributed by atoms with E-state index in [-0.39, 0.29) is 28.7 Å². The molecule has 1 aliphatic rings. The maximum Gasteiger partial charge on any atom is 0.233 e. The van der Waals surface area contributed by atoms with Crippen LogP contribution in [0.3, 0.4) is 0 Å². The second-order valence-electron chi connectivity index (χ2n) is 5.55. The predicted molar refractivity (Wildman–Crippen MR) is 87.1 cm³/mol. The van der Waals surface area contributed by atoms with Crippen molar-refractivity contribution in [1.82, 2.24) is 5.32 Å². The molecule has 0 saturated carbocycles. The third kappa shape index (κ3) is 5.04. The number of nitrogens with one attached hydrogen (secondary N) is 1. The van der Waals surface area contributed by atoms with Crippen molar-refractivity contribution in [2.45, 2.75) is 37.3 Å². The summed E-state index contributed by atoms with van der Waals surface area (Å²) in [5.74, 6) is 0.963. The van der Waals surface area contributed by atoms with Gasteiger partial charge in [-0.1, -0.05) is 29.8 Å². The second-order valence-corrected chi connectivity index (χ2v) is 9.11. The van der Waals surface area contributed by atoms with Crippen molar-refractivity contribution in [2.75, 3.05) is 11.5 Å². The highest BCUT2D eigenvalue weighted by Crippen LogP contribution is 2.19. The van der Waals surface area contributed by atoms with Crippen molar-refractivity contribution in [3.8, 4) is 0 Å². The van der Waals surface area contributed by atoms with Crippen LogP contribution in [0.1, 0.15) is 24.5 Å². The number of hydrogen-bond donors (Lipinski definition) is 1. The summed E-state index contributed by atoms with van der Waals surface area (Å²) < 4.78 is 22.8. The average Bonchev–Trinajstić information content (AvgIpc) is 2.75. The molecule has 6 heteroatoms. The van der Waals surface area contributed by atoms with Gasteiger partial charge in [-0.25, -0.2) is 8.42 Å². The summed E-state index contributed by atoms with van der Waals surface area (Å²) in [5.41, 5.74) is 2.41. The van der Waals surface area contributed by atoms with E-state index in [1.807, 2.05) is 32.0 Å². The average molecular weight is 327 g/mol. The van der Waals surface area contributed by atoms with Gasteiger partial charge in [-0.3, -0.25) is 4.79 Å². The van der Waals surface area contributed by atoms with Gasteiger partial charge in [0.25, 0.3) is 0 Å². The summed E-state index contributed by atoms with van der Waals surface area (Å²) in [4.78, 5) is 12.1. The third-order valence-corrected chi connectivity index (χ3v) is 6.51. The second kappa shape index (κ2) is 6.83. The molecule has 1 heterocycles. The molecule has 1 aliphatic heterocycles. The number of carbonyl (C=O) groups is 1. The maximum absolute atomic E-state index is 12.1. The van der Waals surface area contributed by atoms with Crippen molar-refractivity contribution in [3.05, 3.63) is 35.4 Å². The lowest BCUT2D eigenvalue weighted by atomic mass is 10.2. The van der Waals surface area contributed by atoms with E-state index < -0.39 is 9.84 Å². The van der Waals surface area contributed by atoms with Gasteiger partial charge in [-0.15, -0.1) is 11.8 Å². The van der Waals surface area contributed by atoms with Crippen LogP contribution in [0.25, 0.3) is 0 Å². The quantitative estimate of drug-likeness (QED) is 0.897. The molecule has 1 fully saturated rings. The molecule has 1 saturated heterocycles. The first-order chi connectivity index (χ1) is 9.85. The van der Waals surface area contributed by atoms with E-state index in [9.17, 15) is 13.2 Å². The molecule has 0 bridgehead atoms. The van der Waals surface area contributed by atoms with Crippen molar-refractivity contribution < 1.29 is 13.2 Å². The number of thioether (sulfide) groups is 1. The van der Waals surface area contributed by atoms with Gasteiger partial charge < -0.3 is 5.32 Å². The molecule has 2 unspecified atom stereocenters. The molecule has 4 nitrogen and oxygen atoms in total. The maximum atomic E-state index is 12.1. The van der Waals surface area contributed by atoms with Crippen LogP contribution in [0.2, 0.25) is 0 Å². The summed E-state index contributed by atoms with van der Waals surface area (Å²) in [7, 11) is -2.95. The molecule has 0 spiro atoms. The normalized spacial score (nSPS) is 21.9. The van der Waals surface area contributed by atoms with E-state index in [1.165, 1.54) is 11.1 Å². The monoisotopic (exact) mass is 327 g/mol. The molecular formula is C15H21NO3S2. The van der Waals surface area contributed by atoms with Gasteiger partial charge >= 0.3 is 0 Å². The Morgan fingerprint density at radius 2 is 2.24 bits per heavy atom. The zero-order chi connectivity index (χ0) is 15.5. The van der Waals surface area contributed by atoms with Gasteiger partial charge in [0.1, 0.15) is 0 Å². The summed E-state index contributed by atoms with van der Waals surface area (Å²) >= 11 is 1.57. The first-order valence-corrected chi connectivity index (χ1v) is 9.91. The van der Waals surface area contributed by atoms with Crippen LogP contribution < -0.4 is 5.32 Å². The van der Waals surface area contributed by atoms with Crippen LogP contribution in [0.4, 0.5) is 0 Å². The highest BCUT2D eigenvalue weighted by atomic mass is 32.2. The number of rotatable bonds is 5. The molecule has 0 aliphatic carbocycles. The number of aryl methyl sites for hydroxylation is 1. The van der Waals surface area contributed by atoms with Gasteiger partial charge in [0.05, 0.1) is 16.8 Å². The predicted octanol–water partition coefficient (Wildman–Crippen LogP) is 1.92. The van der Waals surface area contributed by atoms with Crippen LogP contribution in [0, 0.1) is 6.92 Å². The Bertz CT molecular complexity index is 613. The zero-order valence-electron chi connectivity index (χ0n) is 12.3. The molecule has 0 aromatic heterocycles. The number of amides is 1. The van der Waals surface area contributed by atoms with Crippen LogP contribution in [0.15, 0.2) is 24.3 Å². The van der Waals surface area contributed by atoms with Crippen molar-refractivity contribution in [2.24, 2.45) is 0 Å². The molecule has 2 rings (SSSR count). The van der Waals surface area contributed by atoms with E-state index in [0.717, 1.165) is 5.75 Å². The smallest absolute Gasteiger partial charge is 0.233 e. The summed E-state index contributed by atoms with van der Waals surface area (Å²) in [6.07, 6.45) is 0.531. The van der Waals surface area contributed by atoms with Crippen molar-refractivity contribution in [3.63, 3.8) is 0 Å². The number of benzene rings is 1. The van der Waals surface area contributed by atoms with Gasteiger partial charge in [0, 0.05) is 11.8 Å². The Balaban J connectivity index is 1.80. The van der Waals surface area contributed by atoms with Crippen LogP contribution in [0.5, 0.6) is 0 Å². The van der Waals surface area contributed by atoms with Crippen LogP contribution in [-0.4, -0.2) is 37.1 Å². The van der Waals surface area contributed by atoms with Gasteiger partial charge in [-0.2, -0.15) is 0 Å². The Hall–Kier alpha value is -1.01. The third-order valence-electron chi connectivity index (χ3n) is 3.53. The molecule has 2 atom stereocenters. The summed E-state index contributed by atoms with van der Waals surface area (Å²) in [6.45, 7) is 3.91. The highest BCUT2D eigenvalue weighted by Gasteiger charge is 2.29. The molecular weight excluding hydrogens is 306 g/mol. The fraction of sp³-hybridized carbons (Fsp3) is 0.533. The number of sulfone groups is 1. The van der Waals surface area contributed by atoms with E-state index in [1.54, 1.807) is 11.8 Å². The Kier molecular flexibility index (Phi) is 5.32. The molecule has 1 amide bonds.